The quantitative estimate of drug-likeness (QED) is 0.503. The van der Waals surface area contributed by atoms with E-state index in [1.54, 1.807) is 16.2 Å². The topological polar surface area (TPSA) is 49.9 Å². The van der Waals surface area contributed by atoms with Crippen molar-refractivity contribution < 1.29 is 14.3 Å². The molecule has 0 bridgehead atoms. The number of nitrogens with zero attached hydrogens (tertiary/aromatic N) is 2. The zero-order valence-electron chi connectivity index (χ0n) is 18.7. The highest BCUT2D eigenvalue weighted by atomic mass is 32.1. The van der Waals surface area contributed by atoms with E-state index in [1.807, 2.05) is 35.2 Å². The van der Waals surface area contributed by atoms with Gasteiger partial charge in [-0.25, -0.2) is 0 Å². The molecule has 1 fully saturated rings. The molecule has 1 aromatic carbocycles. The molecule has 0 spiro atoms. The van der Waals surface area contributed by atoms with E-state index in [-0.39, 0.29) is 24.5 Å². The van der Waals surface area contributed by atoms with Crippen LogP contribution in [-0.2, 0) is 27.4 Å². The number of carbonyl (C=O) groups is 2. The molecule has 3 rings (SSSR count). The minimum atomic E-state index is -0.0160. The van der Waals surface area contributed by atoms with E-state index in [0.29, 0.717) is 26.1 Å². The number of rotatable bonds is 11. The molecule has 168 valence electrons. The van der Waals surface area contributed by atoms with Gasteiger partial charge < -0.3 is 14.5 Å². The molecular weight excluding hydrogens is 408 g/mol. The molecule has 0 radical (unpaired) electrons. The first-order chi connectivity index (χ1) is 15.0. The molecule has 1 aliphatic rings. The van der Waals surface area contributed by atoms with E-state index < -0.39 is 0 Å². The third-order valence-corrected chi connectivity index (χ3v) is 6.57. The number of unbranched alkanes of at least 4 members (excludes halogenated alkanes) is 1. The zero-order chi connectivity index (χ0) is 22.1. The predicted molar refractivity (Wildman–Crippen MR) is 125 cm³/mol. The van der Waals surface area contributed by atoms with Crippen molar-refractivity contribution in [1.29, 1.82) is 0 Å². The first kappa shape index (κ1) is 23.5. The zero-order valence-corrected chi connectivity index (χ0v) is 19.5. The van der Waals surface area contributed by atoms with Gasteiger partial charge in [0.25, 0.3) is 0 Å². The summed E-state index contributed by atoms with van der Waals surface area (Å²) in [7, 11) is 0. The summed E-state index contributed by atoms with van der Waals surface area (Å²) in [6.45, 7) is 6.61. The molecule has 0 saturated carbocycles. The lowest BCUT2D eigenvalue weighted by atomic mass is 10.2. The smallest absolute Gasteiger partial charge is 0.242 e. The fraction of sp³-hybridized carbons (Fsp3) is 0.520. The summed E-state index contributed by atoms with van der Waals surface area (Å²) in [5.74, 6) is 0.0371. The summed E-state index contributed by atoms with van der Waals surface area (Å²) in [6.07, 6.45) is 4.31. The molecule has 0 N–H and O–H groups in total. The first-order valence-electron chi connectivity index (χ1n) is 11.3. The van der Waals surface area contributed by atoms with Gasteiger partial charge in [0.15, 0.2) is 0 Å². The Bertz CT molecular complexity index is 830. The highest BCUT2D eigenvalue weighted by Crippen LogP contribution is 2.20. The van der Waals surface area contributed by atoms with Gasteiger partial charge in [0.2, 0.25) is 11.8 Å². The van der Waals surface area contributed by atoms with Crippen LogP contribution in [0.1, 0.15) is 54.3 Å². The molecule has 2 amide bonds. The van der Waals surface area contributed by atoms with Crippen LogP contribution in [0.4, 0.5) is 0 Å². The van der Waals surface area contributed by atoms with Gasteiger partial charge in [-0.05, 0) is 43.9 Å². The first-order valence-corrected chi connectivity index (χ1v) is 12.1. The molecule has 1 atom stereocenters. The maximum atomic E-state index is 13.4. The van der Waals surface area contributed by atoms with Gasteiger partial charge in [0, 0.05) is 35.9 Å². The lowest BCUT2D eigenvalue weighted by Crippen LogP contribution is -2.45. The molecule has 0 aliphatic carbocycles. The summed E-state index contributed by atoms with van der Waals surface area (Å²) >= 11 is 1.71. The van der Waals surface area contributed by atoms with Crippen molar-refractivity contribution in [2.45, 2.75) is 65.1 Å². The minimum absolute atomic E-state index is 0.0160. The van der Waals surface area contributed by atoms with Crippen LogP contribution < -0.4 is 0 Å². The van der Waals surface area contributed by atoms with Crippen LogP contribution in [0.15, 0.2) is 42.5 Å². The summed E-state index contributed by atoms with van der Waals surface area (Å²) < 4.78 is 5.76. The number of benzene rings is 1. The number of ether oxygens (including phenoxy) is 1. The van der Waals surface area contributed by atoms with Crippen molar-refractivity contribution in [3.63, 3.8) is 0 Å². The van der Waals surface area contributed by atoms with Gasteiger partial charge in [0.05, 0.1) is 19.2 Å². The number of hydrogen-bond acceptors (Lipinski definition) is 4. The van der Waals surface area contributed by atoms with Crippen LogP contribution in [0.2, 0.25) is 0 Å². The van der Waals surface area contributed by atoms with E-state index >= 15 is 0 Å². The fourth-order valence-corrected chi connectivity index (χ4v) is 4.74. The van der Waals surface area contributed by atoms with Gasteiger partial charge in [-0.3, -0.25) is 9.59 Å². The molecule has 1 aromatic heterocycles. The molecule has 2 heterocycles. The fourth-order valence-electron chi connectivity index (χ4n) is 3.83. The Hall–Kier alpha value is -2.18. The molecular formula is C25H34N2O3S. The molecule has 1 unspecified atom stereocenters. The second-order valence-corrected chi connectivity index (χ2v) is 9.63. The van der Waals surface area contributed by atoms with Crippen molar-refractivity contribution in [2.24, 2.45) is 0 Å². The van der Waals surface area contributed by atoms with E-state index in [4.69, 9.17) is 4.74 Å². The van der Waals surface area contributed by atoms with E-state index in [0.717, 1.165) is 42.7 Å². The Kier molecular flexibility index (Phi) is 9.10. The van der Waals surface area contributed by atoms with Crippen molar-refractivity contribution in [2.75, 3.05) is 19.7 Å². The molecule has 6 heteroatoms. The predicted octanol–water partition coefficient (Wildman–Crippen LogP) is 4.78. The van der Waals surface area contributed by atoms with Gasteiger partial charge >= 0.3 is 0 Å². The van der Waals surface area contributed by atoms with Gasteiger partial charge in [-0.2, -0.15) is 0 Å². The van der Waals surface area contributed by atoms with Gasteiger partial charge in [0.1, 0.15) is 0 Å². The summed E-state index contributed by atoms with van der Waals surface area (Å²) in [5.41, 5.74) is 1.09. The Morgan fingerprint density at radius 3 is 2.52 bits per heavy atom. The Morgan fingerprint density at radius 1 is 1.06 bits per heavy atom. The summed E-state index contributed by atoms with van der Waals surface area (Å²) in [5, 5.41) is 0. The van der Waals surface area contributed by atoms with E-state index in [1.165, 1.54) is 4.88 Å². The average Bonchev–Trinajstić information content (AvgIpc) is 3.43. The monoisotopic (exact) mass is 442 g/mol. The molecule has 31 heavy (non-hydrogen) atoms. The summed E-state index contributed by atoms with van der Waals surface area (Å²) in [4.78, 5) is 32.3. The lowest BCUT2D eigenvalue weighted by Gasteiger charge is -2.29. The normalized spacial score (nSPS) is 15.7. The third-order valence-electron chi connectivity index (χ3n) is 5.58. The molecule has 2 aromatic rings. The van der Waals surface area contributed by atoms with Crippen molar-refractivity contribution >= 4 is 23.2 Å². The Balaban J connectivity index is 1.73. The number of carbonyl (C=O) groups excluding carboxylic acids is 2. The van der Waals surface area contributed by atoms with Crippen LogP contribution in [0, 0.1) is 6.92 Å². The number of amides is 2. The molecule has 1 saturated heterocycles. The van der Waals surface area contributed by atoms with Crippen LogP contribution in [-0.4, -0.2) is 47.4 Å². The van der Waals surface area contributed by atoms with Crippen LogP contribution in [0.3, 0.4) is 0 Å². The molecule has 1 aliphatic heterocycles. The third kappa shape index (κ3) is 7.47. The minimum Gasteiger partial charge on any atom is -0.376 e. The summed E-state index contributed by atoms with van der Waals surface area (Å²) in [6, 6.07) is 14.2. The molecule has 5 nitrogen and oxygen atoms in total. The number of hydrogen-bond donors (Lipinski definition) is 0. The van der Waals surface area contributed by atoms with Crippen LogP contribution >= 0.6 is 11.3 Å². The maximum Gasteiger partial charge on any atom is 0.242 e. The number of aryl methyl sites for hydroxylation is 1. The van der Waals surface area contributed by atoms with Crippen molar-refractivity contribution in [3.8, 4) is 0 Å². The van der Waals surface area contributed by atoms with Crippen molar-refractivity contribution in [1.82, 2.24) is 9.80 Å². The van der Waals surface area contributed by atoms with Crippen LogP contribution in [0.5, 0.6) is 0 Å². The Labute approximate surface area is 190 Å². The lowest BCUT2D eigenvalue weighted by molar-refractivity contribution is -0.142. The second-order valence-electron chi connectivity index (χ2n) is 8.26. The van der Waals surface area contributed by atoms with Crippen LogP contribution in [0.25, 0.3) is 0 Å². The van der Waals surface area contributed by atoms with E-state index in [9.17, 15) is 9.59 Å². The van der Waals surface area contributed by atoms with Crippen molar-refractivity contribution in [3.05, 3.63) is 57.8 Å². The highest BCUT2D eigenvalue weighted by Gasteiger charge is 2.26. The largest absolute Gasteiger partial charge is 0.376 e. The maximum absolute atomic E-state index is 13.4. The van der Waals surface area contributed by atoms with E-state index in [2.05, 4.69) is 26.0 Å². The highest BCUT2D eigenvalue weighted by molar-refractivity contribution is 7.11. The number of thiophene rings is 1. The van der Waals surface area contributed by atoms with Gasteiger partial charge in [-0.15, -0.1) is 11.3 Å². The Morgan fingerprint density at radius 2 is 1.87 bits per heavy atom. The van der Waals surface area contributed by atoms with Gasteiger partial charge in [-0.1, -0.05) is 43.7 Å². The average molecular weight is 443 g/mol. The SMILES string of the molecule is CCCCC(=O)N(CC(=O)N(Cc1ccccc1)Cc1ccc(C)s1)CC1CCCO1. The standard InChI is InChI=1S/C25H34N2O3S/c1-3-4-12-24(28)27(17-22-11-8-15-30-22)19-25(29)26(16-21-9-6-5-7-10-21)18-23-14-13-20(2)31-23/h5-7,9-10,13-14,22H,3-4,8,11-12,15-19H2,1-2H3. The second kappa shape index (κ2) is 12.0.